The van der Waals surface area contributed by atoms with E-state index < -0.39 is 0 Å². The van der Waals surface area contributed by atoms with Gasteiger partial charge in [-0.05, 0) is 36.3 Å². The summed E-state index contributed by atoms with van der Waals surface area (Å²) in [4.78, 5) is 0. The molecule has 0 bridgehead atoms. The standard InChI is InChI=1S/C14H20N2O/c15-16-14(11-5-3-7-17-9-11)13-8-10-4-1-2-6-12(10)13/h1-2,4,6,11,13-14,16H,3,5,7-9,15H2. The normalized spacial score (nSPS) is 29.2. The van der Waals surface area contributed by atoms with Gasteiger partial charge in [-0.25, -0.2) is 0 Å². The number of ether oxygens (including phenoxy) is 1. The van der Waals surface area contributed by atoms with E-state index in [4.69, 9.17) is 10.6 Å². The van der Waals surface area contributed by atoms with Crippen molar-refractivity contribution in [2.75, 3.05) is 13.2 Å². The highest BCUT2D eigenvalue weighted by Crippen LogP contribution is 2.40. The second-order valence-corrected chi connectivity index (χ2v) is 5.18. The maximum atomic E-state index is 5.77. The van der Waals surface area contributed by atoms with E-state index in [0.717, 1.165) is 26.1 Å². The Morgan fingerprint density at radius 1 is 1.35 bits per heavy atom. The summed E-state index contributed by atoms with van der Waals surface area (Å²) in [5, 5.41) is 0. The van der Waals surface area contributed by atoms with Crippen LogP contribution in [0.3, 0.4) is 0 Å². The molecule has 2 aliphatic rings. The molecule has 1 aliphatic carbocycles. The third-order valence-corrected chi connectivity index (χ3v) is 4.22. The van der Waals surface area contributed by atoms with Gasteiger partial charge >= 0.3 is 0 Å². The van der Waals surface area contributed by atoms with Gasteiger partial charge < -0.3 is 4.74 Å². The van der Waals surface area contributed by atoms with Crippen molar-refractivity contribution in [3.8, 4) is 0 Å². The molecule has 3 N–H and O–H groups in total. The molecule has 1 saturated heterocycles. The lowest BCUT2D eigenvalue weighted by molar-refractivity contribution is 0.0332. The van der Waals surface area contributed by atoms with E-state index in [1.807, 2.05) is 0 Å². The monoisotopic (exact) mass is 232 g/mol. The van der Waals surface area contributed by atoms with Crippen LogP contribution in [0.4, 0.5) is 0 Å². The molecule has 1 heterocycles. The molecule has 92 valence electrons. The number of benzene rings is 1. The van der Waals surface area contributed by atoms with E-state index in [1.165, 1.54) is 17.5 Å². The van der Waals surface area contributed by atoms with Gasteiger partial charge in [0, 0.05) is 18.6 Å². The first-order valence-electron chi connectivity index (χ1n) is 6.52. The van der Waals surface area contributed by atoms with Crippen molar-refractivity contribution in [3.63, 3.8) is 0 Å². The van der Waals surface area contributed by atoms with E-state index in [0.29, 0.717) is 17.9 Å². The van der Waals surface area contributed by atoms with Gasteiger partial charge in [0.1, 0.15) is 0 Å². The fraction of sp³-hybridized carbons (Fsp3) is 0.571. The molecule has 3 unspecified atom stereocenters. The summed E-state index contributed by atoms with van der Waals surface area (Å²) >= 11 is 0. The Morgan fingerprint density at radius 3 is 2.94 bits per heavy atom. The summed E-state index contributed by atoms with van der Waals surface area (Å²) in [5.74, 6) is 6.90. The maximum absolute atomic E-state index is 5.77. The zero-order valence-electron chi connectivity index (χ0n) is 10.1. The Labute approximate surface area is 102 Å². The molecular weight excluding hydrogens is 212 g/mol. The van der Waals surface area contributed by atoms with Crippen LogP contribution in [0.5, 0.6) is 0 Å². The van der Waals surface area contributed by atoms with Gasteiger partial charge in [0.15, 0.2) is 0 Å². The Hall–Kier alpha value is -0.900. The molecule has 3 atom stereocenters. The fourth-order valence-corrected chi connectivity index (χ4v) is 3.25. The molecule has 0 amide bonds. The molecule has 3 heteroatoms. The molecule has 1 aromatic carbocycles. The molecule has 1 aromatic rings. The van der Waals surface area contributed by atoms with Crippen LogP contribution in [0.2, 0.25) is 0 Å². The highest BCUT2D eigenvalue weighted by Gasteiger charge is 2.37. The van der Waals surface area contributed by atoms with E-state index in [-0.39, 0.29) is 0 Å². The van der Waals surface area contributed by atoms with Crippen LogP contribution < -0.4 is 11.3 Å². The van der Waals surface area contributed by atoms with Crippen LogP contribution in [0.25, 0.3) is 0 Å². The maximum Gasteiger partial charge on any atom is 0.0509 e. The smallest absolute Gasteiger partial charge is 0.0509 e. The largest absolute Gasteiger partial charge is 0.381 e. The average Bonchev–Trinajstić information content (AvgIpc) is 2.37. The SMILES string of the molecule is NNC(C1CCCOC1)C1Cc2ccccc21. The molecule has 0 aromatic heterocycles. The summed E-state index contributed by atoms with van der Waals surface area (Å²) in [6, 6.07) is 9.05. The lowest BCUT2D eigenvalue weighted by atomic mass is 9.69. The predicted molar refractivity (Wildman–Crippen MR) is 67.5 cm³/mol. The highest BCUT2D eigenvalue weighted by atomic mass is 16.5. The molecule has 0 spiro atoms. The van der Waals surface area contributed by atoms with Crippen molar-refractivity contribution >= 4 is 0 Å². The summed E-state index contributed by atoms with van der Waals surface area (Å²) in [7, 11) is 0. The zero-order chi connectivity index (χ0) is 11.7. The first kappa shape index (κ1) is 11.2. The predicted octanol–water partition coefficient (Wildman–Crippen LogP) is 1.58. The van der Waals surface area contributed by atoms with E-state index in [9.17, 15) is 0 Å². The summed E-state index contributed by atoms with van der Waals surface area (Å²) in [6.07, 6.45) is 3.55. The lowest BCUT2D eigenvalue weighted by Crippen LogP contribution is -2.50. The topological polar surface area (TPSA) is 47.3 Å². The minimum absolute atomic E-state index is 0.366. The Morgan fingerprint density at radius 2 is 2.24 bits per heavy atom. The molecule has 1 fully saturated rings. The third-order valence-electron chi connectivity index (χ3n) is 4.22. The van der Waals surface area contributed by atoms with Gasteiger partial charge in [0.25, 0.3) is 0 Å². The molecule has 1 aliphatic heterocycles. The highest BCUT2D eigenvalue weighted by molar-refractivity contribution is 5.41. The lowest BCUT2D eigenvalue weighted by Gasteiger charge is -2.41. The molecule has 0 radical (unpaired) electrons. The first-order valence-corrected chi connectivity index (χ1v) is 6.52. The molecular formula is C14H20N2O. The molecule has 0 saturated carbocycles. The number of hydrazine groups is 1. The quantitative estimate of drug-likeness (QED) is 0.614. The van der Waals surface area contributed by atoms with Crippen molar-refractivity contribution < 1.29 is 4.74 Å². The zero-order valence-corrected chi connectivity index (χ0v) is 10.1. The number of fused-ring (bicyclic) bond motifs is 1. The van der Waals surface area contributed by atoms with Crippen LogP contribution in [0.1, 0.15) is 29.9 Å². The van der Waals surface area contributed by atoms with Crippen LogP contribution >= 0.6 is 0 Å². The van der Waals surface area contributed by atoms with Crippen molar-refractivity contribution in [3.05, 3.63) is 35.4 Å². The Bertz CT molecular complexity index is 388. The van der Waals surface area contributed by atoms with Gasteiger partial charge in [-0.3, -0.25) is 11.3 Å². The van der Waals surface area contributed by atoms with Gasteiger partial charge in [0.05, 0.1) is 6.61 Å². The van der Waals surface area contributed by atoms with Crippen molar-refractivity contribution in [1.29, 1.82) is 0 Å². The van der Waals surface area contributed by atoms with Crippen molar-refractivity contribution in [1.82, 2.24) is 5.43 Å². The number of nitrogens with two attached hydrogens (primary N) is 1. The second kappa shape index (κ2) is 4.77. The van der Waals surface area contributed by atoms with Crippen LogP contribution in [-0.4, -0.2) is 19.3 Å². The van der Waals surface area contributed by atoms with Crippen molar-refractivity contribution in [2.24, 2.45) is 11.8 Å². The van der Waals surface area contributed by atoms with Crippen molar-refractivity contribution in [2.45, 2.75) is 31.2 Å². The summed E-state index contributed by atoms with van der Waals surface area (Å²) in [6.45, 7) is 1.77. The third kappa shape index (κ3) is 1.99. The molecule has 3 rings (SSSR count). The van der Waals surface area contributed by atoms with Crippen LogP contribution in [0, 0.1) is 5.92 Å². The number of hydrogen-bond acceptors (Lipinski definition) is 3. The Balaban J connectivity index is 1.74. The first-order chi connectivity index (χ1) is 8.40. The number of nitrogens with one attached hydrogen (secondary N) is 1. The van der Waals surface area contributed by atoms with E-state index >= 15 is 0 Å². The summed E-state index contributed by atoms with van der Waals surface area (Å²) < 4.78 is 5.58. The average molecular weight is 232 g/mol. The summed E-state index contributed by atoms with van der Waals surface area (Å²) in [5.41, 5.74) is 5.99. The van der Waals surface area contributed by atoms with E-state index in [2.05, 4.69) is 29.7 Å². The van der Waals surface area contributed by atoms with E-state index in [1.54, 1.807) is 0 Å². The number of hydrogen-bond donors (Lipinski definition) is 2. The molecule has 17 heavy (non-hydrogen) atoms. The van der Waals surface area contributed by atoms with Gasteiger partial charge in [0.2, 0.25) is 0 Å². The van der Waals surface area contributed by atoms with Gasteiger partial charge in [-0.15, -0.1) is 0 Å². The van der Waals surface area contributed by atoms with Crippen LogP contribution in [-0.2, 0) is 11.2 Å². The minimum atomic E-state index is 0.366. The minimum Gasteiger partial charge on any atom is -0.381 e. The Kier molecular flexibility index (Phi) is 3.14. The van der Waals surface area contributed by atoms with Gasteiger partial charge in [-0.2, -0.15) is 0 Å². The van der Waals surface area contributed by atoms with Crippen LogP contribution in [0.15, 0.2) is 24.3 Å². The fourth-order valence-electron chi connectivity index (χ4n) is 3.25. The molecule has 3 nitrogen and oxygen atoms in total. The van der Waals surface area contributed by atoms with Gasteiger partial charge in [-0.1, -0.05) is 24.3 Å². The number of rotatable bonds is 3. The second-order valence-electron chi connectivity index (χ2n) is 5.18.